The number of rotatable bonds is 5. The number of nitrogens with zero attached hydrogens (tertiary/aromatic N) is 3. The molecule has 4 rings (SSSR count). The molecule has 0 saturated carbocycles. The van der Waals surface area contributed by atoms with Crippen LogP contribution >= 0.6 is 0 Å². The van der Waals surface area contributed by atoms with Crippen LogP contribution < -0.4 is 5.32 Å². The predicted octanol–water partition coefficient (Wildman–Crippen LogP) is 2.68. The molecule has 0 unspecified atom stereocenters. The Hall–Kier alpha value is -3.24. The fraction of sp³-hybridized carbons (Fsp3) is 0.417. The van der Waals surface area contributed by atoms with E-state index in [1.165, 1.54) is 5.56 Å². The van der Waals surface area contributed by atoms with Gasteiger partial charge in [-0.3, -0.25) is 4.79 Å². The number of esters is 1. The number of benzene rings is 1. The first-order valence-corrected chi connectivity index (χ1v) is 10.7. The number of likely N-dealkylation sites (tertiary alicyclic amines) is 1. The molecule has 0 spiro atoms. The molecule has 1 amide bonds. The standard InChI is InChI=1S/C24H26N4O3/c1-15-17(3-5-20-21(15)14-31-24(20)30)7-10-28-11-8-19(9-12-28)27-23(29)22-6-4-18(13-25)16(2)26-22/h3-6,19H,7-12,14H2,1-2H3,(H,27,29). The normalized spacial score (nSPS) is 16.5. The number of piperidine rings is 1. The van der Waals surface area contributed by atoms with Gasteiger partial charge in [-0.25, -0.2) is 9.78 Å². The van der Waals surface area contributed by atoms with Crippen molar-refractivity contribution in [2.75, 3.05) is 19.6 Å². The van der Waals surface area contributed by atoms with Gasteiger partial charge in [0.15, 0.2) is 0 Å². The van der Waals surface area contributed by atoms with Gasteiger partial charge in [0.2, 0.25) is 0 Å². The van der Waals surface area contributed by atoms with Crippen molar-refractivity contribution in [3.8, 4) is 6.07 Å². The van der Waals surface area contributed by atoms with Crippen molar-refractivity contribution in [1.29, 1.82) is 5.26 Å². The highest BCUT2D eigenvalue weighted by Gasteiger charge is 2.25. The zero-order chi connectivity index (χ0) is 22.0. The molecule has 160 valence electrons. The monoisotopic (exact) mass is 418 g/mol. The number of carbonyl (C=O) groups is 2. The van der Waals surface area contributed by atoms with Crippen LogP contribution in [0.25, 0.3) is 0 Å². The van der Waals surface area contributed by atoms with E-state index >= 15 is 0 Å². The van der Waals surface area contributed by atoms with Crippen molar-refractivity contribution in [3.05, 3.63) is 63.5 Å². The molecule has 1 aromatic heterocycles. The van der Waals surface area contributed by atoms with Crippen molar-refractivity contribution in [2.45, 2.75) is 45.8 Å². The number of carbonyl (C=O) groups excluding carboxylic acids is 2. The lowest BCUT2D eigenvalue weighted by Gasteiger charge is -2.32. The topological polar surface area (TPSA) is 95.3 Å². The molecule has 2 aliphatic rings. The van der Waals surface area contributed by atoms with E-state index in [1.54, 1.807) is 19.1 Å². The van der Waals surface area contributed by atoms with Crippen LogP contribution in [0, 0.1) is 25.2 Å². The maximum Gasteiger partial charge on any atom is 0.338 e. The second-order valence-corrected chi connectivity index (χ2v) is 8.23. The van der Waals surface area contributed by atoms with Gasteiger partial charge in [-0.1, -0.05) is 6.07 Å². The van der Waals surface area contributed by atoms with Crippen LogP contribution in [0.4, 0.5) is 0 Å². The Morgan fingerprint density at radius 1 is 1.26 bits per heavy atom. The van der Waals surface area contributed by atoms with Gasteiger partial charge >= 0.3 is 5.97 Å². The summed E-state index contributed by atoms with van der Waals surface area (Å²) in [6, 6.07) is 9.37. The molecular weight excluding hydrogens is 392 g/mol. The van der Waals surface area contributed by atoms with E-state index in [1.807, 2.05) is 12.1 Å². The Morgan fingerprint density at radius 2 is 2.03 bits per heavy atom. The number of hydrogen-bond donors (Lipinski definition) is 1. The highest BCUT2D eigenvalue weighted by Crippen LogP contribution is 2.26. The number of cyclic esters (lactones) is 1. The molecule has 7 heteroatoms. The number of ether oxygens (including phenoxy) is 1. The summed E-state index contributed by atoms with van der Waals surface area (Å²) in [5.41, 5.74) is 5.56. The first kappa shape index (κ1) is 21.0. The average molecular weight is 418 g/mol. The Morgan fingerprint density at radius 3 is 2.74 bits per heavy atom. The lowest BCUT2D eigenvalue weighted by atomic mass is 9.96. The van der Waals surface area contributed by atoms with E-state index in [0.717, 1.165) is 50.0 Å². The summed E-state index contributed by atoms with van der Waals surface area (Å²) in [5.74, 6) is -0.406. The number of pyridine rings is 1. The maximum atomic E-state index is 12.5. The van der Waals surface area contributed by atoms with Gasteiger partial charge in [0.25, 0.3) is 5.91 Å². The fourth-order valence-corrected chi connectivity index (χ4v) is 4.31. The number of aromatic nitrogens is 1. The zero-order valence-corrected chi connectivity index (χ0v) is 17.9. The second kappa shape index (κ2) is 8.86. The lowest BCUT2D eigenvalue weighted by molar-refractivity contribution is 0.0534. The molecule has 0 radical (unpaired) electrons. The minimum Gasteiger partial charge on any atom is -0.457 e. The van der Waals surface area contributed by atoms with E-state index in [2.05, 4.69) is 28.2 Å². The van der Waals surface area contributed by atoms with Crippen molar-refractivity contribution in [3.63, 3.8) is 0 Å². The summed E-state index contributed by atoms with van der Waals surface area (Å²) >= 11 is 0. The summed E-state index contributed by atoms with van der Waals surface area (Å²) in [6.45, 7) is 6.99. The molecule has 1 fully saturated rings. The highest BCUT2D eigenvalue weighted by molar-refractivity contribution is 5.94. The highest BCUT2D eigenvalue weighted by atomic mass is 16.5. The molecule has 0 aliphatic carbocycles. The summed E-state index contributed by atoms with van der Waals surface area (Å²) in [5, 5.41) is 12.1. The van der Waals surface area contributed by atoms with Crippen LogP contribution in [0.2, 0.25) is 0 Å². The maximum absolute atomic E-state index is 12.5. The zero-order valence-electron chi connectivity index (χ0n) is 17.9. The van der Waals surface area contributed by atoms with Crippen LogP contribution in [0.5, 0.6) is 0 Å². The predicted molar refractivity (Wildman–Crippen MR) is 115 cm³/mol. The van der Waals surface area contributed by atoms with Crippen molar-refractivity contribution in [2.24, 2.45) is 0 Å². The summed E-state index contributed by atoms with van der Waals surface area (Å²) in [4.78, 5) is 30.9. The van der Waals surface area contributed by atoms with Gasteiger partial charge in [0.05, 0.1) is 16.8 Å². The van der Waals surface area contributed by atoms with Crippen LogP contribution in [-0.4, -0.2) is 47.4 Å². The van der Waals surface area contributed by atoms with Gasteiger partial charge in [-0.2, -0.15) is 5.26 Å². The van der Waals surface area contributed by atoms with Gasteiger partial charge in [0, 0.05) is 31.2 Å². The molecule has 0 bridgehead atoms. The number of nitrogens with one attached hydrogen (secondary N) is 1. The van der Waals surface area contributed by atoms with E-state index in [0.29, 0.717) is 29.1 Å². The van der Waals surface area contributed by atoms with Crippen LogP contribution in [0.3, 0.4) is 0 Å². The van der Waals surface area contributed by atoms with Crippen molar-refractivity contribution in [1.82, 2.24) is 15.2 Å². The summed E-state index contributed by atoms with van der Waals surface area (Å²) in [6.07, 6.45) is 2.72. The minimum atomic E-state index is -0.222. The Labute approximate surface area is 182 Å². The Kier molecular flexibility index (Phi) is 6.01. The smallest absolute Gasteiger partial charge is 0.338 e. The van der Waals surface area contributed by atoms with E-state index < -0.39 is 0 Å². The number of aryl methyl sites for hydroxylation is 1. The quantitative estimate of drug-likeness (QED) is 0.750. The summed E-state index contributed by atoms with van der Waals surface area (Å²) in [7, 11) is 0. The minimum absolute atomic E-state index is 0.131. The van der Waals surface area contributed by atoms with E-state index in [4.69, 9.17) is 10.00 Å². The molecule has 31 heavy (non-hydrogen) atoms. The lowest BCUT2D eigenvalue weighted by Crippen LogP contribution is -2.45. The largest absolute Gasteiger partial charge is 0.457 e. The van der Waals surface area contributed by atoms with E-state index in [-0.39, 0.29) is 17.9 Å². The fourth-order valence-electron chi connectivity index (χ4n) is 4.31. The third-order valence-corrected chi connectivity index (χ3v) is 6.34. The molecule has 2 aromatic rings. The molecule has 7 nitrogen and oxygen atoms in total. The molecule has 0 atom stereocenters. The van der Waals surface area contributed by atoms with Gasteiger partial charge in [-0.15, -0.1) is 0 Å². The van der Waals surface area contributed by atoms with E-state index in [9.17, 15) is 9.59 Å². The van der Waals surface area contributed by atoms with Crippen molar-refractivity contribution < 1.29 is 14.3 Å². The number of hydrogen-bond acceptors (Lipinski definition) is 6. The molecule has 3 heterocycles. The van der Waals surface area contributed by atoms with Gasteiger partial charge in [0.1, 0.15) is 18.4 Å². The van der Waals surface area contributed by atoms with Crippen LogP contribution in [0.15, 0.2) is 24.3 Å². The number of amides is 1. The third kappa shape index (κ3) is 4.44. The van der Waals surface area contributed by atoms with Gasteiger partial charge in [-0.05, 0) is 62.4 Å². The van der Waals surface area contributed by atoms with Crippen LogP contribution in [-0.2, 0) is 17.8 Å². The van der Waals surface area contributed by atoms with Crippen molar-refractivity contribution >= 4 is 11.9 Å². The molecule has 1 saturated heterocycles. The Bertz CT molecular complexity index is 1070. The molecule has 1 aromatic carbocycles. The first-order chi connectivity index (χ1) is 15.0. The Balaban J connectivity index is 1.27. The summed E-state index contributed by atoms with van der Waals surface area (Å²) < 4.78 is 5.14. The molecule has 1 N–H and O–H groups in total. The van der Waals surface area contributed by atoms with Gasteiger partial charge < -0.3 is 15.0 Å². The average Bonchev–Trinajstić information content (AvgIpc) is 3.15. The molecule has 2 aliphatic heterocycles. The number of nitriles is 1. The SMILES string of the molecule is Cc1nc(C(=O)NC2CCN(CCc3ccc4c(c3C)COC4=O)CC2)ccc1C#N. The first-order valence-electron chi connectivity index (χ1n) is 10.7. The molecular formula is C24H26N4O3. The third-order valence-electron chi connectivity index (χ3n) is 6.34. The second-order valence-electron chi connectivity index (χ2n) is 8.23. The number of fused-ring (bicyclic) bond motifs is 1. The van der Waals surface area contributed by atoms with Crippen LogP contribution in [0.1, 0.15) is 61.6 Å².